The van der Waals surface area contributed by atoms with Gasteiger partial charge in [0, 0.05) is 6.61 Å². The number of carbonyl (C=O) groups excluding carboxylic acids is 1. The summed E-state index contributed by atoms with van der Waals surface area (Å²) in [4.78, 5) is 15.9. The number of esters is 1. The zero-order chi connectivity index (χ0) is 19.6. The topological polar surface area (TPSA) is 66.9 Å². The van der Waals surface area contributed by atoms with Gasteiger partial charge in [0.1, 0.15) is 16.1 Å². The van der Waals surface area contributed by atoms with E-state index in [9.17, 15) is 4.79 Å². The molecule has 1 aromatic heterocycles. The summed E-state index contributed by atoms with van der Waals surface area (Å²) in [6, 6.07) is 11.1. The van der Waals surface area contributed by atoms with Crippen LogP contribution in [0.25, 0.3) is 0 Å². The Bertz CT molecular complexity index is 753. The van der Waals surface area contributed by atoms with E-state index < -0.39 is 5.97 Å². The van der Waals surface area contributed by atoms with Gasteiger partial charge >= 0.3 is 5.97 Å². The maximum absolute atomic E-state index is 11.4. The van der Waals surface area contributed by atoms with E-state index in [0.29, 0.717) is 31.3 Å². The predicted octanol–water partition coefficient (Wildman–Crippen LogP) is 4.25. The van der Waals surface area contributed by atoms with E-state index in [2.05, 4.69) is 20.9 Å². The van der Waals surface area contributed by atoms with Gasteiger partial charge in [0.05, 0.1) is 18.9 Å². The SMILES string of the molecule is CCOC[C@@H](Oc1ccc(OCC(=O)OCC)c(C)c1)c1cccc(Br)n1. The molecule has 27 heavy (non-hydrogen) atoms. The summed E-state index contributed by atoms with van der Waals surface area (Å²) in [6.45, 7) is 6.78. The van der Waals surface area contributed by atoms with Gasteiger partial charge in [0.15, 0.2) is 12.7 Å². The number of hydrogen-bond donors (Lipinski definition) is 0. The molecule has 1 atom stereocenters. The molecule has 1 heterocycles. The monoisotopic (exact) mass is 437 g/mol. The van der Waals surface area contributed by atoms with Gasteiger partial charge in [0.2, 0.25) is 0 Å². The molecule has 6 nitrogen and oxygen atoms in total. The molecule has 0 aliphatic carbocycles. The largest absolute Gasteiger partial charge is 0.482 e. The van der Waals surface area contributed by atoms with Crippen molar-refractivity contribution in [1.29, 1.82) is 0 Å². The van der Waals surface area contributed by atoms with Gasteiger partial charge in [-0.05, 0) is 72.6 Å². The number of carbonyl (C=O) groups is 1. The molecule has 0 bridgehead atoms. The number of rotatable bonds is 10. The average molecular weight is 438 g/mol. The zero-order valence-electron chi connectivity index (χ0n) is 15.7. The standard InChI is InChI=1S/C20H24BrNO5/c1-4-24-12-18(16-7-6-8-19(21)22-16)27-15-9-10-17(14(3)11-15)26-13-20(23)25-5-2/h6-11,18H,4-5,12-13H2,1-3H3/t18-/m1/s1. The van der Waals surface area contributed by atoms with Crippen LogP contribution in [0.4, 0.5) is 0 Å². The van der Waals surface area contributed by atoms with Crippen LogP contribution in [-0.2, 0) is 14.3 Å². The quantitative estimate of drug-likeness (QED) is 0.408. The average Bonchev–Trinajstić information content (AvgIpc) is 2.64. The summed E-state index contributed by atoms with van der Waals surface area (Å²) in [7, 11) is 0. The number of aryl methyl sites for hydroxylation is 1. The summed E-state index contributed by atoms with van der Waals surface area (Å²) in [5.41, 5.74) is 1.63. The zero-order valence-corrected chi connectivity index (χ0v) is 17.3. The summed E-state index contributed by atoms with van der Waals surface area (Å²) in [5, 5.41) is 0. The number of ether oxygens (including phenoxy) is 4. The van der Waals surface area contributed by atoms with Crippen LogP contribution < -0.4 is 9.47 Å². The highest BCUT2D eigenvalue weighted by Gasteiger charge is 2.16. The van der Waals surface area contributed by atoms with E-state index in [1.807, 2.05) is 38.1 Å². The summed E-state index contributed by atoms with van der Waals surface area (Å²) >= 11 is 3.38. The van der Waals surface area contributed by atoms with Crippen molar-refractivity contribution in [3.63, 3.8) is 0 Å². The Morgan fingerprint density at radius 1 is 1.19 bits per heavy atom. The van der Waals surface area contributed by atoms with Crippen LogP contribution in [0.2, 0.25) is 0 Å². The molecule has 7 heteroatoms. The molecule has 1 aromatic carbocycles. The van der Waals surface area contributed by atoms with E-state index in [-0.39, 0.29) is 12.7 Å². The van der Waals surface area contributed by atoms with E-state index in [1.165, 1.54) is 0 Å². The fourth-order valence-electron chi connectivity index (χ4n) is 2.37. The minimum absolute atomic E-state index is 0.121. The molecule has 0 saturated heterocycles. The highest BCUT2D eigenvalue weighted by molar-refractivity contribution is 9.10. The Balaban J connectivity index is 2.08. The van der Waals surface area contributed by atoms with Crippen LogP contribution in [0.5, 0.6) is 11.5 Å². The predicted molar refractivity (Wildman–Crippen MR) is 105 cm³/mol. The molecule has 2 aromatic rings. The second kappa shape index (κ2) is 10.9. The van der Waals surface area contributed by atoms with Crippen molar-refractivity contribution in [2.24, 2.45) is 0 Å². The van der Waals surface area contributed by atoms with Crippen LogP contribution in [0, 0.1) is 6.92 Å². The third kappa shape index (κ3) is 6.84. The van der Waals surface area contributed by atoms with Crippen molar-refractivity contribution in [2.75, 3.05) is 26.4 Å². The van der Waals surface area contributed by atoms with Crippen molar-refractivity contribution in [1.82, 2.24) is 4.98 Å². The molecule has 0 aliphatic heterocycles. The smallest absolute Gasteiger partial charge is 0.344 e. The summed E-state index contributed by atoms with van der Waals surface area (Å²) in [5.74, 6) is 0.884. The van der Waals surface area contributed by atoms with Gasteiger partial charge in [-0.15, -0.1) is 0 Å². The fraction of sp³-hybridized carbons (Fsp3) is 0.400. The van der Waals surface area contributed by atoms with E-state index in [0.717, 1.165) is 15.9 Å². The third-order valence-corrected chi connectivity index (χ3v) is 4.06. The van der Waals surface area contributed by atoms with Gasteiger partial charge in [-0.2, -0.15) is 0 Å². The Kier molecular flexibility index (Phi) is 8.54. The van der Waals surface area contributed by atoms with Gasteiger partial charge in [-0.1, -0.05) is 6.07 Å². The lowest BCUT2D eigenvalue weighted by Gasteiger charge is -2.19. The fourth-order valence-corrected chi connectivity index (χ4v) is 2.73. The van der Waals surface area contributed by atoms with E-state index in [1.54, 1.807) is 19.1 Å². The van der Waals surface area contributed by atoms with E-state index >= 15 is 0 Å². The lowest BCUT2D eigenvalue weighted by Crippen LogP contribution is -2.17. The molecule has 146 valence electrons. The van der Waals surface area contributed by atoms with Gasteiger partial charge in [0.25, 0.3) is 0 Å². The van der Waals surface area contributed by atoms with Crippen molar-refractivity contribution < 1.29 is 23.7 Å². The van der Waals surface area contributed by atoms with Crippen LogP contribution in [0.3, 0.4) is 0 Å². The molecule has 0 aliphatic rings. The molecule has 0 saturated carbocycles. The minimum Gasteiger partial charge on any atom is -0.482 e. The van der Waals surface area contributed by atoms with Crippen molar-refractivity contribution in [3.8, 4) is 11.5 Å². The van der Waals surface area contributed by atoms with E-state index in [4.69, 9.17) is 18.9 Å². The number of halogens is 1. The molecule has 0 spiro atoms. The Morgan fingerprint density at radius 3 is 2.67 bits per heavy atom. The number of aromatic nitrogens is 1. The molecule has 0 radical (unpaired) electrons. The summed E-state index contributed by atoms with van der Waals surface area (Å²) in [6.07, 6.45) is -0.340. The van der Waals surface area contributed by atoms with Crippen molar-refractivity contribution >= 4 is 21.9 Å². The molecule has 0 amide bonds. The summed E-state index contributed by atoms with van der Waals surface area (Å²) < 4.78 is 22.8. The number of nitrogens with zero attached hydrogens (tertiary/aromatic N) is 1. The first-order chi connectivity index (χ1) is 13.0. The Hall–Kier alpha value is -2.12. The Labute approximate surface area is 167 Å². The molecule has 0 N–H and O–H groups in total. The third-order valence-electron chi connectivity index (χ3n) is 3.62. The van der Waals surface area contributed by atoms with Gasteiger partial charge in [-0.3, -0.25) is 0 Å². The van der Waals surface area contributed by atoms with Crippen molar-refractivity contribution in [3.05, 3.63) is 52.3 Å². The maximum atomic E-state index is 11.4. The van der Waals surface area contributed by atoms with Crippen LogP contribution in [0.1, 0.15) is 31.2 Å². The van der Waals surface area contributed by atoms with Gasteiger partial charge in [-0.25, -0.2) is 9.78 Å². The number of benzene rings is 1. The number of pyridine rings is 1. The normalized spacial score (nSPS) is 11.7. The lowest BCUT2D eigenvalue weighted by molar-refractivity contribution is -0.145. The molecule has 0 unspecified atom stereocenters. The molecular weight excluding hydrogens is 414 g/mol. The second-order valence-corrected chi connectivity index (χ2v) is 6.48. The highest BCUT2D eigenvalue weighted by atomic mass is 79.9. The molecule has 0 fully saturated rings. The molecule has 2 rings (SSSR count). The van der Waals surface area contributed by atoms with Crippen LogP contribution >= 0.6 is 15.9 Å². The lowest BCUT2D eigenvalue weighted by atomic mass is 10.2. The second-order valence-electron chi connectivity index (χ2n) is 5.67. The minimum atomic E-state index is -0.394. The number of hydrogen-bond acceptors (Lipinski definition) is 6. The Morgan fingerprint density at radius 2 is 2.00 bits per heavy atom. The van der Waals surface area contributed by atoms with Crippen LogP contribution in [0.15, 0.2) is 41.0 Å². The first-order valence-electron chi connectivity index (χ1n) is 8.79. The maximum Gasteiger partial charge on any atom is 0.344 e. The highest BCUT2D eigenvalue weighted by Crippen LogP contribution is 2.27. The van der Waals surface area contributed by atoms with Crippen LogP contribution in [-0.4, -0.2) is 37.4 Å². The molecular formula is C20H24BrNO5. The first kappa shape index (κ1) is 21.2. The van der Waals surface area contributed by atoms with Gasteiger partial charge < -0.3 is 18.9 Å². The first-order valence-corrected chi connectivity index (χ1v) is 9.58. The van der Waals surface area contributed by atoms with Crippen molar-refractivity contribution in [2.45, 2.75) is 26.9 Å².